The fraction of sp³-hybridized carbons (Fsp3) is 0.500. The van der Waals surface area contributed by atoms with Crippen molar-refractivity contribution in [1.29, 1.82) is 0 Å². The molecule has 1 unspecified atom stereocenters. The van der Waals surface area contributed by atoms with Crippen LogP contribution in [0.25, 0.3) is 0 Å². The number of ether oxygens (including phenoxy) is 1. The van der Waals surface area contributed by atoms with E-state index < -0.39 is 0 Å². The van der Waals surface area contributed by atoms with E-state index in [1.807, 2.05) is 6.92 Å². The van der Waals surface area contributed by atoms with Crippen LogP contribution in [0.4, 0.5) is 4.39 Å². The van der Waals surface area contributed by atoms with Crippen LogP contribution in [0.1, 0.15) is 31.4 Å². The molecule has 1 atom stereocenters. The SMILES string of the molecule is CNC(C)c1ccc(OCC(=O)NC2CC2)cc1F. The summed E-state index contributed by atoms with van der Waals surface area (Å²) in [5.41, 5.74) is 0.581. The molecule has 104 valence electrons. The summed E-state index contributed by atoms with van der Waals surface area (Å²) in [6.07, 6.45) is 2.08. The first-order valence-electron chi connectivity index (χ1n) is 6.49. The van der Waals surface area contributed by atoms with Gasteiger partial charge in [-0.1, -0.05) is 6.07 Å². The summed E-state index contributed by atoms with van der Waals surface area (Å²) in [4.78, 5) is 11.4. The lowest BCUT2D eigenvalue weighted by Gasteiger charge is -2.13. The molecule has 19 heavy (non-hydrogen) atoms. The van der Waals surface area contributed by atoms with Crippen LogP contribution < -0.4 is 15.4 Å². The van der Waals surface area contributed by atoms with Gasteiger partial charge in [-0.3, -0.25) is 4.79 Å². The van der Waals surface area contributed by atoms with Gasteiger partial charge in [-0.05, 0) is 32.9 Å². The van der Waals surface area contributed by atoms with E-state index in [9.17, 15) is 9.18 Å². The molecule has 0 bridgehead atoms. The van der Waals surface area contributed by atoms with E-state index in [0.717, 1.165) is 12.8 Å². The summed E-state index contributed by atoms with van der Waals surface area (Å²) < 4.78 is 19.1. The smallest absolute Gasteiger partial charge is 0.258 e. The molecule has 0 saturated heterocycles. The maximum Gasteiger partial charge on any atom is 0.258 e. The van der Waals surface area contributed by atoms with Gasteiger partial charge in [0.25, 0.3) is 5.91 Å². The third-order valence-electron chi connectivity index (χ3n) is 3.18. The minimum atomic E-state index is -0.332. The standard InChI is InChI=1S/C14H19FN2O2/c1-9(16-2)12-6-5-11(7-13(12)15)19-8-14(18)17-10-3-4-10/h5-7,9-10,16H,3-4,8H2,1-2H3,(H,17,18). The zero-order valence-electron chi connectivity index (χ0n) is 11.2. The number of carbonyl (C=O) groups excluding carboxylic acids is 1. The van der Waals surface area contributed by atoms with Gasteiger partial charge in [0.2, 0.25) is 0 Å². The number of hydrogen-bond donors (Lipinski definition) is 2. The molecule has 0 aromatic heterocycles. The molecule has 1 aliphatic rings. The molecule has 2 N–H and O–H groups in total. The van der Waals surface area contributed by atoms with Crippen LogP contribution in [0, 0.1) is 5.82 Å². The van der Waals surface area contributed by atoms with Gasteiger partial charge in [-0.25, -0.2) is 4.39 Å². The lowest BCUT2D eigenvalue weighted by atomic mass is 10.1. The number of rotatable bonds is 6. The van der Waals surface area contributed by atoms with Crippen molar-refractivity contribution < 1.29 is 13.9 Å². The highest BCUT2D eigenvalue weighted by Crippen LogP contribution is 2.22. The molecule has 0 radical (unpaired) electrons. The average molecular weight is 266 g/mol. The maximum absolute atomic E-state index is 13.8. The summed E-state index contributed by atoms with van der Waals surface area (Å²) in [5, 5.41) is 5.79. The second-order valence-electron chi connectivity index (χ2n) is 4.82. The summed E-state index contributed by atoms with van der Waals surface area (Å²) in [6.45, 7) is 1.80. The molecule has 0 spiro atoms. The topological polar surface area (TPSA) is 50.4 Å². The van der Waals surface area contributed by atoms with E-state index >= 15 is 0 Å². The molecule has 1 saturated carbocycles. The zero-order chi connectivity index (χ0) is 13.8. The Balaban J connectivity index is 1.89. The first kappa shape index (κ1) is 13.8. The molecule has 1 aliphatic carbocycles. The van der Waals surface area contributed by atoms with Crippen LogP contribution in [0.5, 0.6) is 5.75 Å². The molecule has 2 rings (SSSR count). The normalized spacial score (nSPS) is 15.9. The van der Waals surface area contributed by atoms with Crippen LogP contribution >= 0.6 is 0 Å². The van der Waals surface area contributed by atoms with E-state index in [4.69, 9.17) is 4.74 Å². The van der Waals surface area contributed by atoms with E-state index in [2.05, 4.69) is 10.6 Å². The quantitative estimate of drug-likeness (QED) is 0.825. The second-order valence-corrected chi connectivity index (χ2v) is 4.82. The van der Waals surface area contributed by atoms with Crippen LogP contribution in [0.15, 0.2) is 18.2 Å². The first-order chi connectivity index (χ1) is 9.10. The van der Waals surface area contributed by atoms with Crippen molar-refractivity contribution in [2.75, 3.05) is 13.7 Å². The summed E-state index contributed by atoms with van der Waals surface area (Å²) in [6, 6.07) is 4.91. The van der Waals surface area contributed by atoms with E-state index in [0.29, 0.717) is 17.4 Å². The fourth-order valence-corrected chi connectivity index (χ4v) is 1.75. The Morgan fingerprint density at radius 3 is 2.84 bits per heavy atom. The van der Waals surface area contributed by atoms with Gasteiger partial charge >= 0.3 is 0 Å². The Hall–Kier alpha value is -1.62. The van der Waals surface area contributed by atoms with Gasteiger partial charge < -0.3 is 15.4 Å². The summed E-state index contributed by atoms with van der Waals surface area (Å²) in [7, 11) is 1.77. The second kappa shape index (κ2) is 6.02. The molecule has 1 fully saturated rings. The Morgan fingerprint density at radius 2 is 2.26 bits per heavy atom. The highest BCUT2D eigenvalue weighted by atomic mass is 19.1. The molecular weight excluding hydrogens is 247 g/mol. The lowest BCUT2D eigenvalue weighted by molar-refractivity contribution is -0.123. The third-order valence-corrected chi connectivity index (χ3v) is 3.18. The van der Waals surface area contributed by atoms with Gasteiger partial charge in [0, 0.05) is 23.7 Å². The van der Waals surface area contributed by atoms with Gasteiger partial charge in [0.05, 0.1) is 0 Å². The fourth-order valence-electron chi connectivity index (χ4n) is 1.75. The van der Waals surface area contributed by atoms with Crippen LogP contribution in [-0.2, 0) is 4.79 Å². The van der Waals surface area contributed by atoms with E-state index in [-0.39, 0.29) is 24.4 Å². The number of carbonyl (C=O) groups is 1. The van der Waals surface area contributed by atoms with E-state index in [1.165, 1.54) is 6.07 Å². The predicted octanol–water partition coefficient (Wildman–Crippen LogP) is 1.76. The highest BCUT2D eigenvalue weighted by Gasteiger charge is 2.23. The summed E-state index contributed by atoms with van der Waals surface area (Å²) >= 11 is 0. The van der Waals surface area contributed by atoms with Crippen molar-refractivity contribution in [2.24, 2.45) is 0 Å². The number of halogens is 1. The molecule has 5 heteroatoms. The first-order valence-corrected chi connectivity index (χ1v) is 6.49. The van der Waals surface area contributed by atoms with Crippen molar-refractivity contribution in [3.8, 4) is 5.75 Å². The number of amides is 1. The molecular formula is C14H19FN2O2. The number of hydrogen-bond acceptors (Lipinski definition) is 3. The largest absolute Gasteiger partial charge is 0.484 e. The minimum Gasteiger partial charge on any atom is -0.484 e. The van der Waals surface area contributed by atoms with Crippen molar-refractivity contribution >= 4 is 5.91 Å². The monoisotopic (exact) mass is 266 g/mol. The van der Waals surface area contributed by atoms with Crippen LogP contribution in [-0.4, -0.2) is 25.6 Å². The Bertz CT molecular complexity index is 461. The Labute approximate surface area is 112 Å². The number of nitrogens with one attached hydrogen (secondary N) is 2. The molecule has 1 aromatic carbocycles. The third kappa shape index (κ3) is 3.92. The predicted molar refractivity (Wildman–Crippen MR) is 70.5 cm³/mol. The lowest BCUT2D eigenvalue weighted by Crippen LogP contribution is -2.30. The molecule has 0 aliphatic heterocycles. The molecule has 1 amide bonds. The zero-order valence-corrected chi connectivity index (χ0v) is 11.2. The van der Waals surface area contributed by atoms with Crippen LogP contribution in [0.2, 0.25) is 0 Å². The van der Waals surface area contributed by atoms with Crippen molar-refractivity contribution in [3.05, 3.63) is 29.6 Å². The van der Waals surface area contributed by atoms with Gasteiger partial charge in [-0.15, -0.1) is 0 Å². The molecule has 1 aromatic rings. The minimum absolute atomic E-state index is 0.0628. The Kier molecular flexibility index (Phi) is 4.37. The van der Waals surface area contributed by atoms with Crippen LogP contribution in [0.3, 0.4) is 0 Å². The Morgan fingerprint density at radius 1 is 1.53 bits per heavy atom. The van der Waals surface area contributed by atoms with Gasteiger partial charge in [0.15, 0.2) is 6.61 Å². The van der Waals surface area contributed by atoms with Gasteiger partial charge in [-0.2, -0.15) is 0 Å². The average Bonchev–Trinajstić information content (AvgIpc) is 3.19. The van der Waals surface area contributed by atoms with Crippen molar-refractivity contribution in [2.45, 2.75) is 31.8 Å². The van der Waals surface area contributed by atoms with Gasteiger partial charge in [0.1, 0.15) is 11.6 Å². The van der Waals surface area contributed by atoms with Crippen molar-refractivity contribution in [1.82, 2.24) is 10.6 Å². The molecule has 4 nitrogen and oxygen atoms in total. The number of benzene rings is 1. The van der Waals surface area contributed by atoms with Crippen molar-refractivity contribution in [3.63, 3.8) is 0 Å². The molecule has 0 heterocycles. The highest BCUT2D eigenvalue weighted by molar-refractivity contribution is 5.78. The summed E-state index contributed by atoms with van der Waals surface area (Å²) in [5.74, 6) is -0.118. The maximum atomic E-state index is 13.8. The van der Waals surface area contributed by atoms with E-state index in [1.54, 1.807) is 19.2 Å².